The predicted molar refractivity (Wildman–Crippen MR) is 89.8 cm³/mol. The first-order valence-corrected chi connectivity index (χ1v) is 7.01. The third-order valence-corrected chi connectivity index (χ3v) is 4.19. The van der Waals surface area contributed by atoms with E-state index < -0.39 is 5.41 Å². The van der Waals surface area contributed by atoms with Gasteiger partial charge in [-0.3, -0.25) is 4.79 Å². The van der Waals surface area contributed by atoms with E-state index in [1.54, 1.807) is 0 Å². The summed E-state index contributed by atoms with van der Waals surface area (Å²) in [5.74, 6) is 0.174. The molecular weight excluding hydrogens is 297 g/mol. The van der Waals surface area contributed by atoms with Crippen LogP contribution in [-0.2, 0) is 4.79 Å². The van der Waals surface area contributed by atoms with Crippen molar-refractivity contribution in [3.8, 4) is 0 Å². The van der Waals surface area contributed by atoms with Crippen molar-refractivity contribution in [2.45, 2.75) is 52.6 Å². The lowest BCUT2D eigenvalue weighted by molar-refractivity contribution is -0.141. The molecule has 0 spiro atoms. The molecule has 1 aliphatic heterocycles. The Labute approximate surface area is 136 Å². The van der Waals surface area contributed by atoms with E-state index in [9.17, 15) is 4.79 Å². The molecule has 1 amide bonds. The summed E-state index contributed by atoms with van der Waals surface area (Å²) in [6, 6.07) is 0.978. The number of piperidine rings is 1. The lowest BCUT2D eigenvalue weighted by Crippen LogP contribution is -2.51. The van der Waals surface area contributed by atoms with Gasteiger partial charge in [-0.2, -0.15) is 0 Å². The van der Waals surface area contributed by atoms with E-state index in [0.717, 1.165) is 25.9 Å². The zero-order valence-corrected chi connectivity index (χ0v) is 15.0. The van der Waals surface area contributed by atoms with Gasteiger partial charge in [-0.05, 0) is 40.5 Å². The van der Waals surface area contributed by atoms with E-state index in [1.165, 1.54) is 0 Å². The second-order valence-corrected chi connectivity index (χ2v) is 6.36. The normalized spacial score (nSPS) is 17.4. The number of likely N-dealkylation sites (tertiary alicyclic amines) is 1. The van der Waals surface area contributed by atoms with Gasteiger partial charge < -0.3 is 15.5 Å². The molecule has 0 unspecified atom stereocenters. The van der Waals surface area contributed by atoms with Crippen molar-refractivity contribution >= 4 is 30.7 Å². The molecule has 20 heavy (non-hydrogen) atoms. The quantitative estimate of drug-likeness (QED) is 0.860. The fraction of sp³-hybridized carbons (Fsp3) is 0.929. The Hall–Kier alpha value is -0.0300. The van der Waals surface area contributed by atoms with Crippen LogP contribution in [0, 0.1) is 5.41 Å². The molecule has 1 heterocycles. The van der Waals surface area contributed by atoms with Crippen LogP contribution in [0.25, 0.3) is 0 Å². The average molecular weight is 328 g/mol. The van der Waals surface area contributed by atoms with Crippen LogP contribution in [0.3, 0.4) is 0 Å². The minimum absolute atomic E-state index is 0. The predicted octanol–water partition coefficient (Wildman–Crippen LogP) is 2.15. The molecule has 0 saturated carbocycles. The van der Waals surface area contributed by atoms with Crippen LogP contribution in [0.4, 0.5) is 0 Å². The first kappa shape index (κ1) is 22.3. The van der Waals surface area contributed by atoms with Crippen molar-refractivity contribution in [1.82, 2.24) is 9.80 Å². The van der Waals surface area contributed by atoms with Crippen molar-refractivity contribution in [2.24, 2.45) is 11.1 Å². The van der Waals surface area contributed by atoms with Gasteiger partial charge in [-0.1, -0.05) is 0 Å². The summed E-state index contributed by atoms with van der Waals surface area (Å²) in [5, 5.41) is 0. The summed E-state index contributed by atoms with van der Waals surface area (Å²) in [6.07, 6.45) is 2.14. The third-order valence-electron chi connectivity index (χ3n) is 4.19. The largest absolute Gasteiger partial charge is 0.342 e. The number of hydrogen-bond acceptors (Lipinski definition) is 3. The molecule has 2 N–H and O–H groups in total. The van der Waals surface area contributed by atoms with Crippen LogP contribution >= 0.6 is 24.8 Å². The summed E-state index contributed by atoms with van der Waals surface area (Å²) in [7, 11) is 1.93. The van der Waals surface area contributed by atoms with Crippen molar-refractivity contribution < 1.29 is 4.79 Å². The van der Waals surface area contributed by atoms with Gasteiger partial charge in [0.25, 0.3) is 0 Å². The number of rotatable bonds is 4. The first-order valence-electron chi connectivity index (χ1n) is 7.01. The van der Waals surface area contributed by atoms with Gasteiger partial charge in [0.05, 0.1) is 5.41 Å². The highest BCUT2D eigenvalue weighted by Gasteiger charge is 2.33. The van der Waals surface area contributed by atoms with Crippen LogP contribution in [0.1, 0.15) is 40.5 Å². The van der Waals surface area contributed by atoms with Crippen LogP contribution in [0.5, 0.6) is 0 Å². The molecule has 0 atom stereocenters. The monoisotopic (exact) mass is 327 g/mol. The van der Waals surface area contributed by atoms with Gasteiger partial charge in [0.2, 0.25) is 5.91 Å². The van der Waals surface area contributed by atoms with Crippen molar-refractivity contribution in [1.29, 1.82) is 0 Å². The molecule has 0 aromatic carbocycles. The molecule has 1 rings (SSSR count). The second kappa shape index (κ2) is 9.08. The molecule has 0 radical (unpaired) electrons. The maximum atomic E-state index is 12.3. The number of nitrogens with two attached hydrogens (primary N) is 1. The maximum Gasteiger partial charge on any atom is 0.229 e. The lowest BCUT2D eigenvalue weighted by Gasteiger charge is -2.40. The Morgan fingerprint density at radius 3 is 2.10 bits per heavy atom. The van der Waals surface area contributed by atoms with Gasteiger partial charge in [-0.15, -0.1) is 24.8 Å². The highest BCUT2D eigenvalue weighted by Crippen LogP contribution is 2.23. The van der Waals surface area contributed by atoms with Gasteiger partial charge >= 0.3 is 0 Å². The fourth-order valence-corrected chi connectivity index (χ4v) is 2.52. The van der Waals surface area contributed by atoms with E-state index in [0.29, 0.717) is 18.6 Å². The van der Waals surface area contributed by atoms with E-state index in [-0.39, 0.29) is 30.7 Å². The van der Waals surface area contributed by atoms with Crippen molar-refractivity contribution in [3.05, 3.63) is 0 Å². The van der Waals surface area contributed by atoms with E-state index >= 15 is 0 Å². The molecule has 0 aromatic heterocycles. The Bertz CT molecular complexity index is 290. The maximum absolute atomic E-state index is 12.3. The summed E-state index contributed by atoms with van der Waals surface area (Å²) < 4.78 is 0. The van der Waals surface area contributed by atoms with Crippen molar-refractivity contribution in [3.63, 3.8) is 0 Å². The molecule has 1 saturated heterocycles. The van der Waals surface area contributed by atoms with E-state index in [4.69, 9.17) is 5.73 Å². The zero-order valence-electron chi connectivity index (χ0n) is 13.4. The second-order valence-electron chi connectivity index (χ2n) is 6.36. The highest BCUT2D eigenvalue weighted by atomic mass is 35.5. The molecule has 0 aliphatic carbocycles. The molecule has 0 bridgehead atoms. The van der Waals surface area contributed by atoms with Crippen molar-refractivity contribution in [2.75, 3.05) is 26.7 Å². The van der Waals surface area contributed by atoms with Gasteiger partial charge in [0, 0.05) is 38.8 Å². The number of nitrogens with zero attached hydrogens (tertiary/aromatic N) is 2. The number of carbonyl (C=O) groups is 1. The first-order chi connectivity index (χ1) is 8.29. The minimum atomic E-state index is -0.441. The number of amides is 1. The highest BCUT2D eigenvalue weighted by molar-refractivity contribution is 5.85. The number of halogens is 2. The summed E-state index contributed by atoms with van der Waals surface area (Å²) in [4.78, 5) is 16.7. The van der Waals surface area contributed by atoms with E-state index in [1.807, 2.05) is 25.8 Å². The van der Waals surface area contributed by atoms with Crippen LogP contribution in [-0.4, -0.2) is 54.5 Å². The lowest BCUT2D eigenvalue weighted by atomic mass is 9.90. The Morgan fingerprint density at radius 2 is 1.75 bits per heavy atom. The Morgan fingerprint density at radius 1 is 1.30 bits per heavy atom. The van der Waals surface area contributed by atoms with Crippen LogP contribution < -0.4 is 5.73 Å². The Balaban J connectivity index is 0. The molecule has 4 nitrogen and oxygen atoms in total. The van der Waals surface area contributed by atoms with Crippen LogP contribution in [0.15, 0.2) is 0 Å². The number of hydrogen-bond donors (Lipinski definition) is 1. The molecule has 0 aromatic rings. The van der Waals surface area contributed by atoms with Crippen LogP contribution in [0.2, 0.25) is 0 Å². The third kappa shape index (κ3) is 5.40. The van der Waals surface area contributed by atoms with E-state index in [2.05, 4.69) is 18.7 Å². The molecule has 6 heteroatoms. The topological polar surface area (TPSA) is 49.6 Å². The SMILES string of the molecule is CC(C)N1CCC(N(C)C(=O)C(C)(C)CN)CC1.Cl.Cl. The molecule has 1 fully saturated rings. The van der Waals surface area contributed by atoms with Gasteiger partial charge in [-0.25, -0.2) is 0 Å². The summed E-state index contributed by atoms with van der Waals surface area (Å²) >= 11 is 0. The Kier molecular flexibility index (Phi) is 10.1. The van der Waals surface area contributed by atoms with Gasteiger partial charge in [0.1, 0.15) is 0 Å². The minimum Gasteiger partial charge on any atom is -0.342 e. The summed E-state index contributed by atoms with van der Waals surface area (Å²) in [6.45, 7) is 10.9. The average Bonchev–Trinajstić information content (AvgIpc) is 2.37. The smallest absolute Gasteiger partial charge is 0.229 e. The molecule has 1 aliphatic rings. The molecule has 122 valence electrons. The summed E-state index contributed by atoms with van der Waals surface area (Å²) in [5.41, 5.74) is 5.24. The molecular formula is C14H31Cl2N3O. The standard InChI is InChI=1S/C14H29N3O.2ClH/c1-11(2)17-8-6-12(7-9-17)16(5)13(18)14(3,4)10-15;;/h11-12H,6-10,15H2,1-5H3;2*1H. The number of carbonyl (C=O) groups excluding carboxylic acids is 1. The fourth-order valence-electron chi connectivity index (χ4n) is 2.52. The zero-order chi connectivity index (χ0) is 13.9. The van der Waals surface area contributed by atoms with Gasteiger partial charge in [0.15, 0.2) is 0 Å².